The lowest BCUT2D eigenvalue weighted by atomic mass is 10.2. The summed E-state index contributed by atoms with van der Waals surface area (Å²) in [4.78, 5) is 11.6. The third kappa shape index (κ3) is 3.66. The molecule has 18 heavy (non-hydrogen) atoms. The van der Waals surface area contributed by atoms with Crippen LogP contribution in [0.5, 0.6) is 0 Å². The Kier molecular flexibility index (Phi) is 4.02. The number of hydrogen-bond acceptors (Lipinski definition) is 2. The zero-order valence-corrected chi connectivity index (χ0v) is 10.3. The third-order valence-electron chi connectivity index (χ3n) is 2.51. The van der Waals surface area contributed by atoms with Crippen molar-refractivity contribution in [2.45, 2.75) is 13.3 Å². The molecule has 1 heterocycles. The van der Waals surface area contributed by atoms with Crippen LogP contribution >= 0.6 is 0 Å². The van der Waals surface area contributed by atoms with Gasteiger partial charge in [0.25, 0.3) is 0 Å². The lowest BCUT2D eigenvalue weighted by Gasteiger charge is -2.07. The van der Waals surface area contributed by atoms with Crippen LogP contribution < -0.4 is 10.6 Å². The Morgan fingerprint density at radius 2 is 2.17 bits per heavy atom. The number of aryl methyl sites for hydroxylation is 1. The van der Waals surface area contributed by atoms with Gasteiger partial charge < -0.3 is 15.1 Å². The topological polar surface area (TPSA) is 54.3 Å². The van der Waals surface area contributed by atoms with Crippen LogP contribution in [0, 0.1) is 6.92 Å². The predicted octanol–water partition coefficient (Wildman–Crippen LogP) is 2.95. The van der Waals surface area contributed by atoms with E-state index in [4.69, 9.17) is 4.42 Å². The van der Waals surface area contributed by atoms with Gasteiger partial charge in [0.2, 0.25) is 0 Å². The molecule has 0 fully saturated rings. The number of carbonyl (C=O) groups is 1. The van der Waals surface area contributed by atoms with E-state index in [1.165, 1.54) is 0 Å². The highest BCUT2D eigenvalue weighted by Gasteiger charge is 2.02. The van der Waals surface area contributed by atoms with Crippen molar-refractivity contribution in [3.05, 3.63) is 54.0 Å². The zero-order chi connectivity index (χ0) is 12.8. The minimum Gasteiger partial charge on any atom is -0.469 e. The van der Waals surface area contributed by atoms with Crippen LogP contribution in [0.2, 0.25) is 0 Å². The van der Waals surface area contributed by atoms with Crippen molar-refractivity contribution in [3.8, 4) is 0 Å². The normalized spacial score (nSPS) is 10.1. The van der Waals surface area contributed by atoms with Crippen LogP contribution in [0.25, 0.3) is 0 Å². The number of urea groups is 1. The van der Waals surface area contributed by atoms with Gasteiger partial charge in [-0.1, -0.05) is 12.1 Å². The second kappa shape index (κ2) is 5.91. The molecule has 0 unspecified atom stereocenters. The summed E-state index contributed by atoms with van der Waals surface area (Å²) in [5.74, 6) is 0.867. The van der Waals surface area contributed by atoms with Crippen molar-refractivity contribution in [2.75, 3.05) is 11.9 Å². The molecule has 94 valence electrons. The largest absolute Gasteiger partial charge is 0.469 e. The fraction of sp³-hybridized carbons (Fsp3) is 0.214. The molecule has 2 N–H and O–H groups in total. The van der Waals surface area contributed by atoms with Gasteiger partial charge in [-0.15, -0.1) is 0 Å². The van der Waals surface area contributed by atoms with Crippen molar-refractivity contribution >= 4 is 11.7 Å². The maximum atomic E-state index is 11.6. The van der Waals surface area contributed by atoms with Gasteiger partial charge in [-0.3, -0.25) is 0 Å². The van der Waals surface area contributed by atoms with E-state index in [1.54, 1.807) is 6.26 Å². The standard InChI is InChI=1S/C14H16N2O2/c1-11-4-2-5-12(10-11)16-14(17)15-8-7-13-6-3-9-18-13/h2-6,9-10H,7-8H2,1H3,(H2,15,16,17). The number of anilines is 1. The molecule has 0 saturated heterocycles. The summed E-state index contributed by atoms with van der Waals surface area (Å²) in [5.41, 5.74) is 1.91. The van der Waals surface area contributed by atoms with Crippen LogP contribution in [0.15, 0.2) is 47.1 Å². The minimum absolute atomic E-state index is 0.202. The summed E-state index contributed by atoms with van der Waals surface area (Å²) in [6, 6.07) is 11.2. The molecule has 0 radical (unpaired) electrons. The highest BCUT2D eigenvalue weighted by Crippen LogP contribution is 2.09. The van der Waals surface area contributed by atoms with Crippen LogP contribution in [0.1, 0.15) is 11.3 Å². The van der Waals surface area contributed by atoms with E-state index in [1.807, 2.05) is 43.3 Å². The molecule has 0 spiro atoms. The van der Waals surface area contributed by atoms with Crippen LogP contribution in [0.3, 0.4) is 0 Å². The van der Waals surface area contributed by atoms with Crippen molar-refractivity contribution in [3.63, 3.8) is 0 Å². The summed E-state index contributed by atoms with van der Waals surface area (Å²) in [7, 11) is 0. The first-order valence-corrected chi connectivity index (χ1v) is 5.88. The maximum Gasteiger partial charge on any atom is 0.319 e. The third-order valence-corrected chi connectivity index (χ3v) is 2.51. The Bertz CT molecular complexity index is 506. The molecule has 0 aliphatic rings. The van der Waals surface area contributed by atoms with Gasteiger partial charge in [0.05, 0.1) is 6.26 Å². The highest BCUT2D eigenvalue weighted by atomic mass is 16.3. The van der Waals surface area contributed by atoms with Gasteiger partial charge >= 0.3 is 6.03 Å². The number of benzene rings is 1. The number of carbonyl (C=O) groups excluding carboxylic acids is 1. The zero-order valence-electron chi connectivity index (χ0n) is 10.3. The maximum absolute atomic E-state index is 11.6. The molecule has 0 bridgehead atoms. The lowest BCUT2D eigenvalue weighted by molar-refractivity contribution is 0.252. The first kappa shape index (κ1) is 12.2. The SMILES string of the molecule is Cc1cccc(NC(=O)NCCc2ccco2)c1. The Balaban J connectivity index is 1.75. The molecule has 2 rings (SSSR count). The van der Waals surface area contributed by atoms with E-state index in [-0.39, 0.29) is 6.03 Å². The Morgan fingerprint density at radius 1 is 1.28 bits per heavy atom. The van der Waals surface area contributed by atoms with Gasteiger partial charge in [-0.2, -0.15) is 0 Å². The highest BCUT2D eigenvalue weighted by molar-refractivity contribution is 5.89. The number of hydrogen-bond donors (Lipinski definition) is 2. The predicted molar refractivity (Wildman–Crippen MR) is 70.6 cm³/mol. The quantitative estimate of drug-likeness (QED) is 0.868. The number of amides is 2. The van der Waals surface area contributed by atoms with Crippen molar-refractivity contribution < 1.29 is 9.21 Å². The van der Waals surface area contributed by atoms with Crippen LogP contribution in [-0.2, 0) is 6.42 Å². The van der Waals surface area contributed by atoms with Crippen molar-refractivity contribution in [1.29, 1.82) is 0 Å². The molecular formula is C14H16N2O2. The Hall–Kier alpha value is -2.23. The van der Waals surface area contributed by atoms with Crippen LogP contribution in [0.4, 0.5) is 10.5 Å². The average Bonchev–Trinajstić information content (AvgIpc) is 2.82. The molecule has 0 aliphatic heterocycles. The summed E-state index contributed by atoms with van der Waals surface area (Å²) < 4.78 is 5.18. The average molecular weight is 244 g/mol. The summed E-state index contributed by atoms with van der Waals surface area (Å²) in [6.45, 7) is 2.53. The molecular weight excluding hydrogens is 228 g/mol. The van der Waals surface area contributed by atoms with Gasteiger partial charge in [-0.05, 0) is 36.8 Å². The van der Waals surface area contributed by atoms with E-state index in [2.05, 4.69) is 10.6 Å². The van der Waals surface area contributed by atoms with Gasteiger partial charge in [0.15, 0.2) is 0 Å². The monoisotopic (exact) mass is 244 g/mol. The first-order valence-electron chi connectivity index (χ1n) is 5.88. The number of nitrogens with one attached hydrogen (secondary N) is 2. The molecule has 0 atom stereocenters. The van der Waals surface area contributed by atoms with E-state index >= 15 is 0 Å². The molecule has 0 saturated carbocycles. The van der Waals surface area contributed by atoms with E-state index in [9.17, 15) is 4.79 Å². The number of furan rings is 1. The fourth-order valence-electron chi connectivity index (χ4n) is 1.65. The fourth-order valence-corrected chi connectivity index (χ4v) is 1.65. The van der Waals surface area contributed by atoms with Gasteiger partial charge in [0.1, 0.15) is 5.76 Å². The Labute approximate surface area is 106 Å². The molecule has 2 aromatic rings. The molecule has 1 aromatic carbocycles. The first-order chi connectivity index (χ1) is 8.74. The lowest BCUT2D eigenvalue weighted by Crippen LogP contribution is -2.30. The number of rotatable bonds is 4. The smallest absolute Gasteiger partial charge is 0.319 e. The van der Waals surface area contributed by atoms with Crippen molar-refractivity contribution in [2.24, 2.45) is 0 Å². The summed E-state index contributed by atoms with van der Waals surface area (Å²) >= 11 is 0. The van der Waals surface area contributed by atoms with E-state index in [0.717, 1.165) is 17.0 Å². The second-order valence-electron chi connectivity index (χ2n) is 4.08. The van der Waals surface area contributed by atoms with Gasteiger partial charge in [0, 0.05) is 18.7 Å². The Morgan fingerprint density at radius 3 is 2.89 bits per heavy atom. The van der Waals surface area contributed by atoms with E-state index < -0.39 is 0 Å². The van der Waals surface area contributed by atoms with Crippen LogP contribution in [-0.4, -0.2) is 12.6 Å². The van der Waals surface area contributed by atoms with Gasteiger partial charge in [-0.25, -0.2) is 4.79 Å². The molecule has 4 nitrogen and oxygen atoms in total. The molecule has 0 aliphatic carbocycles. The van der Waals surface area contributed by atoms with Crippen molar-refractivity contribution in [1.82, 2.24) is 5.32 Å². The molecule has 2 amide bonds. The molecule has 4 heteroatoms. The minimum atomic E-state index is -0.202. The summed E-state index contributed by atoms with van der Waals surface area (Å²) in [5, 5.41) is 5.56. The molecule has 1 aromatic heterocycles. The van der Waals surface area contributed by atoms with E-state index in [0.29, 0.717) is 13.0 Å². The summed E-state index contributed by atoms with van der Waals surface area (Å²) in [6.07, 6.45) is 2.32. The second-order valence-corrected chi connectivity index (χ2v) is 4.08.